The second-order valence-corrected chi connectivity index (χ2v) is 16.9. The first-order valence-corrected chi connectivity index (χ1v) is 21.1. The third-order valence-electron chi connectivity index (χ3n) is 12.3. The van der Waals surface area contributed by atoms with Crippen LogP contribution >= 0.6 is 0 Å². The van der Waals surface area contributed by atoms with Crippen LogP contribution in [0.4, 0.5) is 23.0 Å². The van der Waals surface area contributed by atoms with Crippen LogP contribution in [-0.2, 0) is 28.8 Å². The SMILES string of the molecule is C=CCn1c(=O)c2cnc(Nc3ccc(N4CCC(CN5CCN(c6cccc7c(C8CCC(=O)NC8=O)nn(C)c67)CC5)CC4)cc3)nc2n1-c1cccc(C(C)(C)O)n1. The highest BCUT2D eigenvalue weighted by molar-refractivity contribution is 6.03. The molecule has 6 aromatic rings. The van der Waals surface area contributed by atoms with Crippen LogP contribution in [0.1, 0.15) is 56.8 Å². The molecule has 3 saturated heterocycles. The van der Waals surface area contributed by atoms with Crippen molar-refractivity contribution >= 4 is 56.8 Å². The van der Waals surface area contributed by atoms with Gasteiger partial charge in [-0.25, -0.2) is 19.3 Å². The fourth-order valence-corrected chi connectivity index (χ4v) is 9.10. The van der Waals surface area contributed by atoms with Gasteiger partial charge in [0, 0.05) is 82.2 Å². The summed E-state index contributed by atoms with van der Waals surface area (Å²) in [5.74, 6) is 0.544. The molecule has 2 amide bonds. The van der Waals surface area contributed by atoms with Gasteiger partial charge in [-0.1, -0.05) is 24.3 Å². The number of carbonyl (C=O) groups is 2. The zero-order chi connectivity index (χ0) is 42.4. The number of aryl methyl sites for hydroxylation is 1. The van der Waals surface area contributed by atoms with E-state index in [1.807, 2.05) is 29.9 Å². The molecule has 2 aromatic carbocycles. The molecule has 1 unspecified atom stereocenters. The Balaban J connectivity index is 0.804. The first kappa shape index (κ1) is 40.0. The van der Waals surface area contributed by atoms with Gasteiger partial charge in [0.1, 0.15) is 11.0 Å². The van der Waals surface area contributed by atoms with E-state index in [0.717, 1.165) is 86.6 Å². The number of allylic oxidation sites excluding steroid dienone is 1. The number of aliphatic hydroxyl groups is 1. The minimum atomic E-state index is -1.17. The van der Waals surface area contributed by atoms with Crippen molar-refractivity contribution < 1.29 is 14.7 Å². The molecule has 9 rings (SSSR count). The Morgan fingerprint density at radius 3 is 2.38 bits per heavy atom. The molecule has 0 radical (unpaired) electrons. The molecular weight excluding hydrogens is 773 g/mol. The first-order chi connectivity index (χ1) is 29.4. The van der Waals surface area contributed by atoms with Crippen LogP contribution in [0.15, 0.2) is 84.3 Å². The number of nitrogens with one attached hydrogen (secondary N) is 2. The number of benzene rings is 2. The van der Waals surface area contributed by atoms with Gasteiger partial charge in [-0.3, -0.25) is 29.3 Å². The standard InChI is InChI=1S/C45H52N12O4/c1-5-20-56-43(60)34-27-46-44(50-41(34)57(56)37-11-7-10-36(48-37)45(2,3)61)47-30-12-14-31(15-13-30)54-21-18-29(19-22-54)28-53-23-25-55(26-24-53)35-9-6-8-32-39(51-52(4)40(32)35)33-16-17-38(58)49-42(33)59/h5-15,27,29,33,61H,1,16-26,28H2,2-4H3,(H,46,47,50)(H,49,58,59). The number of pyridine rings is 1. The number of nitrogens with zero attached hydrogens (tertiary/aromatic N) is 10. The number of amides is 2. The van der Waals surface area contributed by atoms with Crippen LogP contribution in [0.3, 0.4) is 0 Å². The number of hydrogen-bond acceptors (Lipinski definition) is 12. The van der Waals surface area contributed by atoms with Crippen LogP contribution in [0.2, 0.25) is 0 Å². The Morgan fingerprint density at radius 1 is 0.902 bits per heavy atom. The van der Waals surface area contributed by atoms with Crippen molar-refractivity contribution in [3.05, 3.63) is 101 Å². The van der Waals surface area contributed by atoms with E-state index in [1.54, 1.807) is 42.8 Å². The van der Waals surface area contributed by atoms with Crippen LogP contribution in [0.5, 0.6) is 0 Å². The number of hydrogen-bond donors (Lipinski definition) is 3. The van der Waals surface area contributed by atoms with Gasteiger partial charge < -0.3 is 20.2 Å². The summed E-state index contributed by atoms with van der Waals surface area (Å²) in [7, 11) is 1.94. The van der Waals surface area contributed by atoms with Gasteiger partial charge in [0.05, 0.1) is 35.1 Å². The van der Waals surface area contributed by atoms with Crippen molar-refractivity contribution in [2.75, 3.05) is 60.9 Å². The van der Waals surface area contributed by atoms with Gasteiger partial charge in [-0.15, -0.1) is 6.58 Å². The summed E-state index contributed by atoms with van der Waals surface area (Å²) in [6.45, 7) is 14.3. The van der Waals surface area contributed by atoms with Crippen molar-refractivity contribution in [2.24, 2.45) is 13.0 Å². The van der Waals surface area contributed by atoms with E-state index < -0.39 is 11.5 Å². The summed E-state index contributed by atoms with van der Waals surface area (Å²) in [5.41, 5.74) is 4.37. The third kappa shape index (κ3) is 7.88. The highest BCUT2D eigenvalue weighted by atomic mass is 16.3. The number of piperazine rings is 1. The Bertz CT molecular complexity index is 2680. The van der Waals surface area contributed by atoms with E-state index >= 15 is 0 Å². The molecule has 316 valence electrons. The van der Waals surface area contributed by atoms with Crippen LogP contribution in [0.25, 0.3) is 27.8 Å². The molecule has 1 atom stereocenters. The molecular formula is C45H52N12O4. The summed E-state index contributed by atoms with van der Waals surface area (Å²) in [6.07, 6.45) is 6.26. The van der Waals surface area contributed by atoms with Crippen LogP contribution in [-0.4, -0.2) is 102 Å². The maximum Gasteiger partial charge on any atom is 0.278 e. The number of aromatic nitrogens is 7. The summed E-state index contributed by atoms with van der Waals surface area (Å²) < 4.78 is 5.06. The molecule has 3 N–H and O–H groups in total. The van der Waals surface area contributed by atoms with Crippen molar-refractivity contribution in [1.29, 1.82) is 0 Å². The summed E-state index contributed by atoms with van der Waals surface area (Å²) in [6, 6.07) is 19.9. The third-order valence-corrected chi connectivity index (χ3v) is 12.3. The Hall–Kier alpha value is -6.39. The number of piperidine rings is 2. The van der Waals surface area contributed by atoms with E-state index in [-0.39, 0.29) is 23.9 Å². The predicted octanol–water partition coefficient (Wildman–Crippen LogP) is 4.58. The van der Waals surface area contributed by atoms with Crippen LogP contribution in [0, 0.1) is 5.92 Å². The van der Waals surface area contributed by atoms with Crippen molar-refractivity contribution in [1.82, 2.24) is 44.3 Å². The smallest absolute Gasteiger partial charge is 0.278 e. The number of fused-ring (bicyclic) bond motifs is 2. The monoisotopic (exact) mass is 824 g/mol. The molecule has 61 heavy (non-hydrogen) atoms. The zero-order valence-electron chi connectivity index (χ0n) is 34.9. The van der Waals surface area contributed by atoms with Crippen molar-refractivity contribution in [3.63, 3.8) is 0 Å². The second-order valence-electron chi connectivity index (χ2n) is 16.9. The number of anilines is 4. The van der Waals surface area contributed by atoms with E-state index in [1.165, 1.54) is 16.6 Å². The zero-order valence-corrected chi connectivity index (χ0v) is 34.9. The molecule has 0 saturated carbocycles. The Kier molecular flexibility index (Phi) is 10.7. The molecule has 3 aliphatic heterocycles. The number of carbonyl (C=O) groups excluding carboxylic acids is 2. The predicted molar refractivity (Wildman–Crippen MR) is 236 cm³/mol. The van der Waals surface area contributed by atoms with Crippen molar-refractivity contribution in [3.8, 4) is 5.82 Å². The molecule has 3 fully saturated rings. The molecule has 0 spiro atoms. The lowest BCUT2D eigenvalue weighted by molar-refractivity contribution is -0.134. The van der Waals surface area contributed by atoms with Gasteiger partial charge in [-0.2, -0.15) is 10.1 Å². The van der Waals surface area contributed by atoms with Gasteiger partial charge in [0.2, 0.25) is 17.8 Å². The highest BCUT2D eigenvalue weighted by Gasteiger charge is 2.33. The fourth-order valence-electron chi connectivity index (χ4n) is 9.10. The van der Waals surface area contributed by atoms with Crippen LogP contribution < -0.4 is 26.0 Å². The number of rotatable bonds is 11. The van der Waals surface area contributed by atoms with E-state index in [9.17, 15) is 19.5 Å². The van der Waals surface area contributed by atoms with Crippen molar-refractivity contribution in [2.45, 2.75) is 57.6 Å². The summed E-state index contributed by atoms with van der Waals surface area (Å²) >= 11 is 0. The van der Waals surface area contributed by atoms with E-state index in [2.05, 4.69) is 66.1 Å². The minimum Gasteiger partial charge on any atom is -0.384 e. The second kappa shape index (κ2) is 16.2. The fraction of sp³-hybridized carbons (Fsp3) is 0.400. The quantitative estimate of drug-likeness (QED) is 0.123. The van der Waals surface area contributed by atoms with E-state index in [0.29, 0.717) is 47.3 Å². The maximum atomic E-state index is 13.4. The molecule has 3 aliphatic rings. The topological polar surface area (TPSA) is 172 Å². The van der Waals surface area contributed by atoms with Gasteiger partial charge in [0.25, 0.3) is 5.56 Å². The molecule has 4 aromatic heterocycles. The molecule has 0 aliphatic carbocycles. The molecule has 0 bridgehead atoms. The lowest BCUT2D eigenvalue weighted by Gasteiger charge is -2.40. The minimum absolute atomic E-state index is 0.216. The molecule has 16 nitrogen and oxygen atoms in total. The maximum absolute atomic E-state index is 13.4. The van der Waals surface area contributed by atoms with Gasteiger partial charge in [0.15, 0.2) is 11.5 Å². The van der Waals surface area contributed by atoms with Gasteiger partial charge >= 0.3 is 0 Å². The average Bonchev–Trinajstić information content (AvgIpc) is 3.73. The lowest BCUT2D eigenvalue weighted by atomic mass is 9.92. The Labute approximate surface area is 353 Å². The Morgan fingerprint density at radius 2 is 1.66 bits per heavy atom. The summed E-state index contributed by atoms with van der Waals surface area (Å²) in [5, 5.41) is 22.6. The largest absolute Gasteiger partial charge is 0.384 e. The number of para-hydroxylation sites is 1. The summed E-state index contributed by atoms with van der Waals surface area (Å²) in [4.78, 5) is 59.3. The number of imide groups is 1. The highest BCUT2D eigenvalue weighted by Crippen LogP contribution is 2.35. The first-order valence-electron chi connectivity index (χ1n) is 21.1. The molecule has 7 heterocycles. The average molecular weight is 825 g/mol. The lowest BCUT2D eigenvalue weighted by Crippen LogP contribution is -2.49. The van der Waals surface area contributed by atoms with E-state index in [4.69, 9.17) is 10.1 Å². The molecule has 16 heteroatoms. The van der Waals surface area contributed by atoms with Gasteiger partial charge in [-0.05, 0) is 81.5 Å². The normalized spacial score (nSPS) is 18.3.